The lowest BCUT2D eigenvalue weighted by Crippen LogP contribution is -2.47. The minimum absolute atomic E-state index is 0.132. The van der Waals surface area contributed by atoms with Crippen LogP contribution in [0, 0.1) is 5.92 Å². The number of hydrogen-bond donors (Lipinski definition) is 0. The lowest BCUT2D eigenvalue weighted by Gasteiger charge is -2.36. The highest BCUT2D eigenvalue weighted by Gasteiger charge is 2.30. The molecular weight excluding hydrogens is 306 g/mol. The molecule has 2 aromatic heterocycles. The summed E-state index contributed by atoms with van der Waals surface area (Å²) in [7, 11) is 1.99. The lowest BCUT2D eigenvalue weighted by atomic mass is 9.95. The number of carbonyl (C=O) groups is 1. The zero-order valence-corrected chi connectivity index (χ0v) is 14.0. The number of nitrogens with zero attached hydrogens (tertiary/aromatic N) is 5. The molecule has 2 aliphatic rings. The molecule has 0 unspecified atom stereocenters. The highest BCUT2D eigenvalue weighted by atomic mass is 16.5. The first-order chi connectivity index (χ1) is 11.7. The molecule has 4 heterocycles. The molecule has 0 N–H and O–H groups in total. The third kappa shape index (κ3) is 2.73. The Bertz CT molecular complexity index is 730. The molecule has 2 aliphatic heterocycles. The van der Waals surface area contributed by atoms with Gasteiger partial charge in [0.25, 0.3) is 0 Å². The van der Waals surface area contributed by atoms with E-state index >= 15 is 0 Å². The van der Waals surface area contributed by atoms with E-state index in [0.717, 1.165) is 55.9 Å². The standard InChI is InChI=1S/C17H23N5O2/c1-20-5-4-14-15(20)18-12-19-16(14)21-6-2-13(3-7-21)17(23)22-8-10-24-11-9-22/h4-5,12-13H,2-3,6-11H2,1H3. The molecule has 7 heteroatoms. The predicted molar refractivity (Wildman–Crippen MR) is 90.8 cm³/mol. The van der Waals surface area contributed by atoms with Crippen LogP contribution < -0.4 is 4.90 Å². The molecule has 2 aromatic rings. The Kier molecular flexibility index (Phi) is 4.10. The van der Waals surface area contributed by atoms with Crippen molar-refractivity contribution in [2.24, 2.45) is 13.0 Å². The largest absolute Gasteiger partial charge is 0.378 e. The van der Waals surface area contributed by atoms with Crippen LogP contribution in [0.4, 0.5) is 5.82 Å². The fourth-order valence-electron chi connectivity index (χ4n) is 3.70. The van der Waals surface area contributed by atoms with Crippen molar-refractivity contribution in [1.82, 2.24) is 19.4 Å². The maximum absolute atomic E-state index is 12.6. The van der Waals surface area contributed by atoms with E-state index in [-0.39, 0.29) is 5.92 Å². The van der Waals surface area contributed by atoms with Crippen molar-refractivity contribution in [2.45, 2.75) is 12.8 Å². The van der Waals surface area contributed by atoms with Crippen LogP contribution >= 0.6 is 0 Å². The number of ether oxygens (including phenoxy) is 1. The average Bonchev–Trinajstić information content (AvgIpc) is 3.03. The van der Waals surface area contributed by atoms with Gasteiger partial charge in [0.2, 0.25) is 5.91 Å². The number of hydrogen-bond acceptors (Lipinski definition) is 5. The van der Waals surface area contributed by atoms with Gasteiger partial charge in [-0.3, -0.25) is 4.79 Å². The maximum Gasteiger partial charge on any atom is 0.225 e. The molecule has 2 fully saturated rings. The van der Waals surface area contributed by atoms with Crippen molar-refractivity contribution in [1.29, 1.82) is 0 Å². The first kappa shape index (κ1) is 15.4. The van der Waals surface area contributed by atoms with Gasteiger partial charge in [-0.25, -0.2) is 9.97 Å². The number of aryl methyl sites for hydroxylation is 1. The smallest absolute Gasteiger partial charge is 0.225 e. The summed E-state index contributed by atoms with van der Waals surface area (Å²) in [6.45, 7) is 4.52. The summed E-state index contributed by atoms with van der Waals surface area (Å²) in [5, 5.41) is 1.08. The third-order valence-corrected chi connectivity index (χ3v) is 5.11. The second kappa shape index (κ2) is 6.39. The molecule has 0 saturated carbocycles. The summed E-state index contributed by atoms with van der Waals surface area (Å²) in [5.74, 6) is 1.41. The van der Waals surface area contributed by atoms with E-state index in [9.17, 15) is 4.79 Å². The van der Waals surface area contributed by atoms with E-state index in [2.05, 4.69) is 20.9 Å². The fraction of sp³-hybridized carbons (Fsp3) is 0.588. The minimum Gasteiger partial charge on any atom is -0.378 e. The van der Waals surface area contributed by atoms with Crippen molar-refractivity contribution in [3.8, 4) is 0 Å². The van der Waals surface area contributed by atoms with E-state index < -0.39 is 0 Å². The lowest BCUT2D eigenvalue weighted by molar-refractivity contribution is -0.140. The molecule has 1 amide bonds. The van der Waals surface area contributed by atoms with Crippen LogP contribution in [0.15, 0.2) is 18.6 Å². The van der Waals surface area contributed by atoms with Gasteiger partial charge >= 0.3 is 0 Å². The van der Waals surface area contributed by atoms with Gasteiger partial charge in [0.1, 0.15) is 17.8 Å². The molecule has 0 spiro atoms. The van der Waals surface area contributed by atoms with Gasteiger partial charge in [-0.1, -0.05) is 0 Å². The van der Waals surface area contributed by atoms with E-state index in [4.69, 9.17) is 4.74 Å². The van der Waals surface area contributed by atoms with Crippen LogP contribution in [-0.2, 0) is 16.6 Å². The molecule has 128 valence electrons. The molecule has 0 atom stereocenters. The van der Waals surface area contributed by atoms with Crippen LogP contribution in [0.2, 0.25) is 0 Å². The van der Waals surface area contributed by atoms with Gasteiger partial charge in [0.15, 0.2) is 0 Å². The average molecular weight is 329 g/mol. The second-order valence-electron chi connectivity index (χ2n) is 6.56. The Hall–Kier alpha value is -2.15. The van der Waals surface area contributed by atoms with Gasteiger partial charge in [0.05, 0.1) is 18.6 Å². The Morgan fingerprint density at radius 3 is 2.67 bits per heavy atom. The van der Waals surface area contributed by atoms with Gasteiger partial charge in [-0.15, -0.1) is 0 Å². The number of amides is 1. The van der Waals surface area contributed by atoms with E-state index in [1.165, 1.54) is 0 Å². The molecule has 0 aromatic carbocycles. The van der Waals surface area contributed by atoms with Gasteiger partial charge in [-0.05, 0) is 18.9 Å². The number of morpholine rings is 1. The van der Waals surface area contributed by atoms with Crippen molar-refractivity contribution >= 4 is 22.8 Å². The number of carbonyl (C=O) groups excluding carboxylic acids is 1. The fourth-order valence-corrected chi connectivity index (χ4v) is 3.70. The van der Waals surface area contributed by atoms with Crippen LogP contribution in [0.5, 0.6) is 0 Å². The monoisotopic (exact) mass is 329 g/mol. The summed E-state index contributed by atoms with van der Waals surface area (Å²) < 4.78 is 7.35. The maximum atomic E-state index is 12.6. The number of fused-ring (bicyclic) bond motifs is 1. The van der Waals surface area contributed by atoms with E-state index in [0.29, 0.717) is 19.1 Å². The zero-order valence-electron chi connectivity index (χ0n) is 14.0. The van der Waals surface area contributed by atoms with Crippen molar-refractivity contribution < 1.29 is 9.53 Å². The van der Waals surface area contributed by atoms with Gasteiger partial charge in [-0.2, -0.15) is 0 Å². The first-order valence-corrected chi connectivity index (χ1v) is 8.61. The van der Waals surface area contributed by atoms with Gasteiger partial charge in [0, 0.05) is 45.3 Å². The molecule has 24 heavy (non-hydrogen) atoms. The topological polar surface area (TPSA) is 63.5 Å². The molecule has 0 radical (unpaired) electrons. The molecule has 7 nitrogen and oxygen atoms in total. The number of piperidine rings is 1. The molecule has 0 aliphatic carbocycles. The minimum atomic E-state index is 0.132. The number of anilines is 1. The van der Waals surface area contributed by atoms with Gasteiger partial charge < -0.3 is 19.1 Å². The third-order valence-electron chi connectivity index (χ3n) is 5.11. The zero-order chi connectivity index (χ0) is 16.5. The van der Waals surface area contributed by atoms with Crippen LogP contribution in [0.3, 0.4) is 0 Å². The normalized spacial score (nSPS) is 19.9. The van der Waals surface area contributed by atoms with E-state index in [1.54, 1.807) is 6.33 Å². The SMILES string of the molecule is Cn1ccc2c(N3CCC(C(=O)N4CCOCC4)CC3)ncnc21. The summed E-state index contributed by atoms with van der Waals surface area (Å²) in [6, 6.07) is 2.07. The van der Waals surface area contributed by atoms with E-state index in [1.807, 2.05) is 22.7 Å². The summed E-state index contributed by atoms with van der Waals surface area (Å²) in [6.07, 6.45) is 5.41. The highest BCUT2D eigenvalue weighted by Crippen LogP contribution is 2.28. The first-order valence-electron chi connectivity index (χ1n) is 8.61. The van der Waals surface area contributed by atoms with Crippen molar-refractivity contribution in [2.75, 3.05) is 44.3 Å². The molecule has 4 rings (SSSR count). The Morgan fingerprint density at radius 2 is 1.92 bits per heavy atom. The summed E-state index contributed by atoms with van der Waals surface area (Å²) in [5.41, 5.74) is 0.950. The Morgan fingerprint density at radius 1 is 1.17 bits per heavy atom. The number of rotatable bonds is 2. The summed E-state index contributed by atoms with van der Waals surface area (Å²) in [4.78, 5) is 25.7. The molecule has 2 saturated heterocycles. The highest BCUT2D eigenvalue weighted by molar-refractivity contribution is 5.88. The van der Waals surface area contributed by atoms with Crippen LogP contribution in [0.1, 0.15) is 12.8 Å². The van der Waals surface area contributed by atoms with Crippen LogP contribution in [0.25, 0.3) is 11.0 Å². The molecular formula is C17H23N5O2. The Balaban J connectivity index is 1.44. The molecule has 0 bridgehead atoms. The number of aromatic nitrogens is 3. The second-order valence-corrected chi connectivity index (χ2v) is 6.56. The Labute approximate surface area is 141 Å². The van der Waals surface area contributed by atoms with Crippen LogP contribution in [-0.4, -0.2) is 64.7 Å². The summed E-state index contributed by atoms with van der Waals surface area (Å²) >= 11 is 0. The van der Waals surface area contributed by atoms with Crippen molar-refractivity contribution in [3.63, 3.8) is 0 Å². The predicted octanol–water partition coefficient (Wildman–Crippen LogP) is 1.04. The van der Waals surface area contributed by atoms with Crippen molar-refractivity contribution in [3.05, 3.63) is 18.6 Å². The quantitative estimate of drug-likeness (QED) is 0.824.